The second-order valence-electron chi connectivity index (χ2n) is 9.37. The van der Waals surface area contributed by atoms with Crippen molar-refractivity contribution in [2.75, 3.05) is 32.1 Å². The summed E-state index contributed by atoms with van der Waals surface area (Å²) in [4.78, 5) is 41.5. The number of ether oxygens (including phenoxy) is 1. The molecule has 3 rings (SSSR count). The fourth-order valence-corrected chi connectivity index (χ4v) is 3.83. The highest BCUT2D eigenvalue weighted by Crippen LogP contribution is 2.30. The van der Waals surface area contributed by atoms with Crippen LogP contribution < -0.4 is 15.4 Å². The lowest BCUT2D eigenvalue weighted by atomic mass is 9.99. The summed E-state index contributed by atoms with van der Waals surface area (Å²) < 4.78 is 7.55. The van der Waals surface area contributed by atoms with E-state index in [-0.39, 0.29) is 48.5 Å². The van der Waals surface area contributed by atoms with Crippen LogP contribution in [0.15, 0.2) is 24.5 Å². The number of benzene rings is 1. The Balaban J connectivity index is 1.87. The molecular formula is C23H34N8O5. The lowest BCUT2D eigenvalue weighted by Gasteiger charge is -2.38. The van der Waals surface area contributed by atoms with Gasteiger partial charge in [0.1, 0.15) is 24.7 Å². The van der Waals surface area contributed by atoms with E-state index < -0.39 is 12.1 Å². The largest absolute Gasteiger partial charge is 0.487 e. The number of urea groups is 1. The summed E-state index contributed by atoms with van der Waals surface area (Å²) in [5.74, 6) is -0.491. The van der Waals surface area contributed by atoms with E-state index in [1.807, 2.05) is 20.8 Å². The van der Waals surface area contributed by atoms with Crippen LogP contribution in [-0.4, -0.2) is 97.9 Å². The van der Waals surface area contributed by atoms with Gasteiger partial charge in [-0.05, 0) is 49.4 Å². The van der Waals surface area contributed by atoms with Crippen LogP contribution in [0.5, 0.6) is 5.75 Å². The molecule has 0 fully saturated rings. The van der Waals surface area contributed by atoms with E-state index in [1.54, 1.807) is 42.0 Å². The van der Waals surface area contributed by atoms with Crippen molar-refractivity contribution < 1.29 is 24.2 Å². The fraction of sp³-hybridized carbons (Fsp3) is 0.565. The molecule has 2 aromatic rings. The normalized spacial score (nSPS) is 18.5. The molecule has 0 unspecified atom stereocenters. The van der Waals surface area contributed by atoms with Gasteiger partial charge in [-0.2, -0.15) is 0 Å². The summed E-state index contributed by atoms with van der Waals surface area (Å²) in [6, 6.07) is 4.15. The van der Waals surface area contributed by atoms with Gasteiger partial charge >= 0.3 is 6.03 Å². The van der Waals surface area contributed by atoms with Gasteiger partial charge in [-0.15, -0.1) is 5.10 Å². The predicted octanol–water partition coefficient (Wildman–Crippen LogP) is 0.582. The Hall–Kier alpha value is -3.74. The SMILES string of the molecule is CC(C)NC(=O)N(C)C[C@H]1Oc2ccc(NC(=O)Cn3cnnn3)cc2C(=O)N([C@@H](C)CO)C[C@@H]1C. The number of rotatable bonds is 8. The number of carbonyl (C=O) groups is 3. The Morgan fingerprint density at radius 3 is 2.69 bits per heavy atom. The number of tetrazole rings is 1. The van der Waals surface area contributed by atoms with Crippen LogP contribution >= 0.6 is 0 Å². The first-order valence-electron chi connectivity index (χ1n) is 11.8. The first-order chi connectivity index (χ1) is 17.1. The Morgan fingerprint density at radius 1 is 1.31 bits per heavy atom. The zero-order chi connectivity index (χ0) is 26.4. The van der Waals surface area contributed by atoms with Crippen molar-refractivity contribution in [3.8, 4) is 5.75 Å². The third kappa shape index (κ3) is 6.68. The molecule has 13 heteroatoms. The Morgan fingerprint density at radius 2 is 2.06 bits per heavy atom. The van der Waals surface area contributed by atoms with Crippen LogP contribution in [0.25, 0.3) is 0 Å². The first kappa shape index (κ1) is 26.9. The van der Waals surface area contributed by atoms with Crippen LogP contribution in [0, 0.1) is 5.92 Å². The number of hydrogen-bond donors (Lipinski definition) is 3. The van der Waals surface area contributed by atoms with Gasteiger partial charge in [-0.3, -0.25) is 9.59 Å². The van der Waals surface area contributed by atoms with Gasteiger partial charge in [-0.25, -0.2) is 9.48 Å². The lowest BCUT2D eigenvalue weighted by Crippen LogP contribution is -2.51. The molecule has 3 N–H and O–H groups in total. The smallest absolute Gasteiger partial charge is 0.317 e. The molecule has 0 bridgehead atoms. The van der Waals surface area contributed by atoms with Gasteiger partial charge in [0, 0.05) is 31.2 Å². The maximum absolute atomic E-state index is 13.5. The summed E-state index contributed by atoms with van der Waals surface area (Å²) in [7, 11) is 1.69. The highest BCUT2D eigenvalue weighted by Gasteiger charge is 2.34. The molecule has 1 aromatic carbocycles. The van der Waals surface area contributed by atoms with E-state index in [1.165, 1.54) is 11.0 Å². The third-order valence-electron chi connectivity index (χ3n) is 5.86. The summed E-state index contributed by atoms with van der Waals surface area (Å²) in [6.07, 6.45) is 0.902. The van der Waals surface area contributed by atoms with Gasteiger partial charge in [0.25, 0.3) is 5.91 Å². The van der Waals surface area contributed by atoms with E-state index >= 15 is 0 Å². The number of nitrogens with zero attached hydrogens (tertiary/aromatic N) is 6. The molecule has 1 aliphatic heterocycles. The van der Waals surface area contributed by atoms with Gasteiger partial charge in [-0.1, -0.05) is 6.92 Å². The van der Waals surface area contributed by atoms with Crippen LogP contribution in [0.3, 0.4) is 0 Å². The quantitative estimate of drug-likeness (QED) is 0.474. The molecule has 0 saturated heterocycles. The van der Waals surface area contributed by atoms with Crippen LogP contribution in [0.4, 0.5) is 10.5 Å². The fourth-order valence-electron chi connectivity index (χ4n) is 3.83. The van der Waals surface area contributed by atoms with Crippen molar-refractivity contribution in [1.29, 1.82) is 0 Å². The van der Waals surface area contributed by atoms with Crippen molar-refractivity contribution in [3.05, 3.63) is 30.1 Å². The number of aliphatic hydroxyl groups excluding tert-OH is 1. The molecule has 13 nitrogen and oxygen atoms in total. The number of hydrogen-bond acceptors (Lipinski definition) is 8. The predicted molar refractivity (Wildman–Crippen MR) is 130 cm³/mol. The number of carbonyl (C=O) groups excluding carboxylic acids is 3. The van der Waals surface area contributed by atoms with Crippen LogP contribution in [-0.2, 0) is 11.3 Å². The van der Waals surface area contributed by atoms with Gasteiger partial charge < -0.3 is 30.3 Å². The molecule has 0 spiro atoms. The van der Waals surface area contributed by atoms with E-state index in [0.717, 1.165) is 0 Å². The number of anilines is 1. The highest BCUT2D eigenvalue weighted by atomic mass is 16.5. The average molecular weight is 503 g/mol. The molecule has 1 aliphatic rings. The number of amides is 4. The first-order valence-corrected chi connectivity index (χ1v) is 11.8. The van der Waals surface area contributed by atoms with E-state index in [4.69, 9.17) is 4.74 Å². The number of nitrogens with one attached hydrogen (secondary N) is 2. The summed E-state index contributed by atoms with van der Waals surface area (Å²) in [5, 5.41) is 26.1. The minimum Gasteiger partial charge on any atom is -0.487 e. The van der Waals surface area contributed by atoms with E-state index in [0.29, 0.717) is 24.5 Å². The lowest BCUT2D eigenvalue weighted by molar-refractivity contribution is -0.116. The molecule has 4 amide bonds. The Kier molecular flexibility index (Phi) is 8.80. The number of likely N-dealkylation sites (N-methyl/N-ethyl adjacent to an activating group) is 1. The second kappa shape index (κ2) is 11.8. The standard InChI is InChI=1S/C23H34N8O5/c1-14(2)25-23(35)29(5)10-20-15(3)9-31(16(4)12-32)22(34)18-8-17(6-7-19(18)36-20)26-21(33)11-30-13-24-27-28-30/h6-8,13-16,20,32H,9-12H2,1-5H3,(H,25,35)(H,26,33)/t15-,16-,20+/m0/s1. The number of aromatic nitrogens is 4. The van der Waals surface area contributed by atoms with Crippen LogP contribution in [0.2, 0.25) is 0 Å². The van der Waals surface area contributed by atoms with Crippen molar-refractivity contribution in [1.82, 2.24) is 35.3 Å². The molecule has 36 heavy (non-hydrogen) atoms. The molecule has 3 atom stereocenters. The summed E-state index contributed by atoms with van der Waals surface area (Å²) in [6.45, 7) is 7.79. The van der Waals surface area contributed by atoms with Crippen LogP contribution in [0.1, 0.15) is 38.1 Å². The summed E-state index contributed by atoms with van der Waals surface area (Å²) in [5.41, 5.74) is 0.653. The maximum atomic E-state index is 13.5. The zero-order valence-corrected chi connectivity index (χ0v) is 21.2. The van der Waals surface area contributed by atoms with Crippen molar-refractivity contribution in [2.24, 2.45) is 5.92 Å². The third-order valence-corrected chi connectivity index (χ3v) is 5.86. The van der Waals surface area contributed by atoms with Gasteiger partial charge in [0.2, 0.25) is 5.91 Å². The number of aliphatic hydroxyl groups is 1. The van der Waals surface area contributed by atoms with Crippen molar-refractivity contribution in [2.45, 2.75) is 52.4 Å². The second-order valence-corrected chi connectivity index (χ2v) is 9.37. The highest BCUT2D eigenvalue weighted by molar-refractivity contribution is 5.99. The molecule has 1 aromatic heterocycles. The average Bonchev–Trinajstić information content (AvgIpc) is 3.33. The topological polar surface area (TPSA) is 155 Å². The molecule has 196 valence electrons. The van der Waals surface area contributed by atoms with Gasteiger partial charge in [0.15, 0.2) is 0 Å². The molecule has 0 aliphatic carbocycles. The van der Waals surface area contributed by atoms with Gasteiger partial charge in [0.05, 0.1) is 24.8 Å². The minimum atomic E-state index is -0.438. The van der Waals surface area contributed by atoms with Crippen molar-refractivity contribution in [3.63, 3.8) is 0 Å². The summed E-state index contributed by atoms with van der Waals surface area (Å²) >= 11 is 0. The Labute approximate surface area is 209 Å². The number of fused-ring (bicyclic) bond motifs is 1. The molecular weight excluding hydrogens is 468 g/mol. The van der Waals surface area contributed by atoms with E-state index in [2.05, 4.69) is 26.2 Å². The zero-order valence-electron chi connectivity index (χ0n) is 21.2. The minimum absolute atomic E-state index is 0.00989. The molecule has 0 saturated carbocycles. The molecule has 2 heterocycles. The van der Waals surface area contributed by atoms with Crippen molar-refractivity contribution >= 4 is 23.5 Å². The Bertz CT molecular complexity index is 1060. The molecule has 0 radical (unpaired) electrons. The maximum Gasteiger partial charge on any atom is 0.317 e. The monoisotopic (exact) mass is 502 g/mol. The van der Waals surface area contributed by atoms with E-state index in [9.17, 15) is 19.5 Å².